The minimum Gasteiger partial charge on any atom is -0.493 e. The maximum atomic E-state index is 14.0. The molecule has 11 heteroatoms. The number of halogens is 1. The third-order valence-electron chi connectivity index (χ3n) is 6.42. The van der Waals surface area contributed by atoms with Gasteiger partial charge in [0.2, 0.25) is 21.8 Å². The van der Waals surface area contributed by atoms with Crippen LogP contribution in [0.4, 0.5) is 10.1 Å². The Balaban J connectivity index is 2.05. The fourth-order valence-electron chi connectivity index (χ4n) is 4.30. The highest BCUT2D eigenvalue weighted by molar-refractivity contribution is 7.92. The molecule has 0 heterocycles. The van der Waals surface area contributed by atoms with Gasteiger partial charge < -0.3 is 19.7 Å². The van der Waals surface area contributed by atoms with Crippen LogP contribution in [-0.4, -0.2) is 64.7 Å². The van der Waals surface area contributed by atoms with Crippen molar-refractivity contribution in [3.05, 3.63) is 89.7 Å². The molecule has 2 amide bonds. The van der Waals surface area contributed by atoms with E-state index in [1.165, 1.54) is 55.5 Å². The molecule has 0 unspecified atom stereocenters. The van der Waals surface area contributed by atoms with Gasteiger partial charge in [0.15, 0.2) is 11.5 Å². The Morgan fingerprint density at radius 1 is 0.927 bits per heavy atom. The molecule has 0 radical (unpaired) electrons. The lowest BCUT2D eigenvalue weighted by Gasteiger charge is -2.33. The molecule has 0 saturated heterocycles. The van der Waals surface area contributed by atoms with Crippen LogP contribution in [0.15, 0.2) is 72.8 Å². The molecule has 0 saturated carbocycles. The van der Waals surface area contributed by atoms with E-state index in [4.69, 9.17) is 9.47 Å². The van der Waals surface area contributed by atoms with E-state index >= 15 is 0 Å². The summed E-state index contributed by atoms with van der Waals surface area (Å²) in [6, 6.07) is 18.4. The number of anilines is 1. The molecule has 9 nitrogen and oxygen atoms in total. The number of sulfonamides is 1. The van der Waals surface area contributed by atoms with E-state index in [9.17, 15) is 22.4 Å². The van der Waals surface area contributed by atoms with Gasteiger partial charge >= 0.3 is 0 Å². The Bertz CT molecular complexity index is 1420. The molecule has 41 heavy (non-hydrogen) atoms. The highest BCUT2D eigenvalue weighted by Crippen LogP contribution is 2.32. The zero-order valence-electron chi connectivity index (χ0n) is 23.7. The molecule has 1 atom stereocenters. The minimum absolute atomic E-state index is 0.0420. The number of methoxy groups -OCH3 is 2. The first-order valence-electron chi connectivity index (χ1n) is 13.1. The van der Waals surface area contributed by atoms with Gasteiger partial charge in [-0.3, -0.25) is 13.9 Å². The number of hydrogen-bond donors (Lipinski definition) is 1. The van der Waals surface area contributed by atoms with E-state index in [1.54, 1.807) is 6.07 Å². The molecule has 0 aliphatic carbocycles. The molecule has 0 aliphatic rings. The van der Waals surface area contributed by atoms with Gasteiger partial charge in [0.05, 0.1) is 26.2 Å². The summed E-state index contributed by atoms with van der Waals surface area (Å²) in [4.78, 5) is 28.9. The monoisotopic (exact) mass is 585 g/mol. The predicted molar refractivity (Wildman–Crippen MR) is 156 cm³/mol. The topological polar surface area (TPSA) is 105 Å². The summed E-state index contributed by atoms with van der Waals surface area (Å²) in [5.41, 5.74) is 1.59. The largest absolute Gasteiger partial charge is 0.493 e. The first kappa shape index (κ1) is 31.4. The van der Waals surface area contributed by atoms with Gasteiger partial charge in [-0.05, 0) is 41.8 Å². The van der Waals surface area contributed by atoms with Crippen molar-refractivity contribution in [3.63, 3.8) is 0 Å². The van der Waals surface area contributed by atoms with Crippen LogP contribution >= 0.6 is 0 Å². The van der Waals surface area contributed by atoms with Crippen LogP contribution in [0.1, 0.15) is 24.5 Å². The van der Waals surface area contributed by atoms with Crippen LogP contribution < -0.4 is 19.1 Å². The maximum Gasteiger partial charge on any atom is 0.244 e. The molecule has 3 rings (SSSR count). The van der Waals surface area contributed by atoms with Crippen LogP contribution in [0.2, 0.25) is 0 Å². The fraction of sp³-hybridized carbons (Fsp3) is 0.333. The van der Waals surface area contributed by atoms with E-state index in [-0.39, 0.29) is 30.3 Å². The molecule has 0 fully saturated rings. The number of carbonyl (C=O) groups excluding carboxylic acids is 2. The van der Waals surface area contributed by atoms with Gasteiger partial charge in [-0.2, -0.15) is 0 Å². The van der Waals surface area contributed by atoms with Gasteiger partial charge in [-0.1, -0.05) is 49.4 Å². The average Bonchev–Trinajstić information content (AvgIpc) is 2.96. The maximum absolute atomic E-state index is 14.0. The van der Waals surface area contributed by atoms with E-state index < -0.39 is 34.3 Å². The lowest BCUT2D eigenvalue weighted by atomic mass is 10.0. The third kappa shape index (κ3) is 8.68. The van der Waals surface area contributed by atoms with E-state index in [0.717, 1.165) is 16.1 Å². The van der Waals surface area contributed by atoms with Crippen molar-refractivity contribution >= 4 is 27.5 Å². The molecule has 0 spiro atoms. The van der Waals surface area contributed by atoms with Crippen LogP contribution in [0.3, 0.4) is 0 Å². The van der Waals surface area contributed by atoms with Crippen LogP contribution in [-0.2, 0) is 32.6 Å². The van der Waals surface area contributed by atoms with E-state index in [2.05, 4.69) is 5.32 Å². The number of amides is 2. The third-order valence-corrected chi connectivity index (χ3v) is 7.56. The van der Waals surface area contributed by atoms with Crippen molar-refractivity contribution in [1.82, 2.24) is 10.2 Å². The highest BCUT2D eigenvalue weighted by Gasteiger charge is 2.33. The van der Waals surface area contributed by atoms with Crippen molar-refractivity contribution in [1.29, 1.82) is 0 Å². The van der Waals surface area contributed by atoms with Crippen molar-refractivity contribution in [2.75, 3.05) is 37.9 Å². The summed E-state index contributed by atoms with van der Waals surface area (Å²) in [7, 11) is -1.07. The standard InChI is InChI=1S/C30H36FN3O6S/c1-5-17-32-30(36)26(18-22-9-7-6-8-10-22)33(20-23-11-13-24(31)14-12-23)29(35)21-34(41(4,37)38)25-15-16-27(39-2)28(19-25)40-3/h6-16,19,26H,5,17-18,20-21H2,1-4H3,(H,32,36)/t26-/m1/s1. The summed E-state index contributed by atoms with van der Waals surface area (Å²) in [6.45, 7) is 1.70. The number of nitrogens with zero attached hydrogens (tertiary/aromatic N) is 2. The van der Waals surface area contributed by atoms with E-state index in [1.807, 2.05) is 37.3 Å². The Morgan fingerprint density at radius 2 is 1.59 bits per heavy atom. The predicted octanol–water partition coefficient (Wildman–Crippen LogP) is 3.78. The molecule has 220 valence electrons. The van der Waals surface area contributed by atoms with Crippen molar-refractivity contribution in [2.24, 2.45) is 0 Å². The number of benzene rings is 3. The number of rotatable bonds is 14. The van der Waals surface area contributed by atoms with Crippen LogP contribution in [0, 0.1) is 5.82 Å². The summed E-state index contributed by atoms with van der Waals surface area (Å²) in [5.74, 6) is -0.741. The van der Waals surface area contributed by atoms with Gasteiger partial charge in [-0.15, -0.1) is 0 Å². The molecular weight excluding hydrogens is 549 g/mol. The Kier molecular flexibility index (Phi) is 11.1. The average molecular weight is 586 g/mol. The number of carbonyl (C=O) groups is 2. The summed E-state index contributed by atoms with van der Waals surface area (Å²) < 4.78 is 51.1. The number of ether oxygens (including phenoxy) is 2. The first-order valence-corrected chi connectivity index (χ1v) is 15.0. The van der Waals surface area contributed by atoms with Gasteiger partial charge in [0, 0.05) is 25.6 Å². The van der Waals surface area contributed by atoms with Crippen molar-refractivity contribution in [3.8, 4) is 11.5 Å². The SMILES string of the molecule is CCCNC(=O)[C@@H](Cc1ccccc1)N(Cc1ccc(F)cc1)C(=O)CN(c1ccc(OC)c(OC)c1)S(C)(=O)=O. The van der Waals surface area contributed by atoms with Gasteiger partial charge in [0.1, 0.15) is 18.4 Å². The highest BCUT2D eigenvalue weighted by atomic mass is 32.2. The van der Waals surface area contributed by atoms with Gasteiger partial charge in [-0.25, -0.2) is 12.8 Å². The second-order valence-electron chi connectivity index (χ2n) is 9.45. The second-order valence-corrected chi connectivity index (χ2v) is 11.4. The molecule has 1 N–H and O–H groups in total. The lowest BCUT2D eigenvalue weighted by Crippen LogP contribution is -2.53. The number of nitrogens with one attached hydrogen (secondary N) is 1. The number of hydrogen-bond acceptors (Lipinski definition) is 6. The molecule has 0 bridgehead atoms. The molecule has 0 aliphatic heterocycles. The van der Waals surface area contributed by atoms with Crippen molar-refractivity contribution < 1.29 is 31.9 Å². The molecule has 3 aromatic rings. The molecule has 3 aromatic carbocycles. The minimum atomic E-state index is -3.95. The summed E-state index contributed by atoms with van der Waals surface area (Å²) >= 11 is 0. The molecule has 0 aromatic heterocycles. The normalized spacial score (nSPS) is 11.8. The Morgan fingerprint density at radius 3 is 2.17 bits per heavy atom. The van der Waals surface area contributed by atoms with Crippen molar-refractivity contribution in [2.45, 2.75) is 32.4 Å². The summed E-state index contributed by atoms with van der Waals surface area (Å²) in [5, 5.41) is 2.87. The lowest BCUT2D eigenvalue weighted by molar-refractivity contribution is -0.140. The Hall–Kier alpha value is -4.12. The van der Waals surface area contributed by atoms with Crippen LogP contribution in [0.5, 0.6) is 11.5 Å². The second kappa shape index (κ2) is 14.5. The zero-order valence-corrected chi connectivity index (χ0v) is 24.5. The first-order chi connectivity index (χ1) is 19.6. The zero-order chi connectivity index (χ0) is 30.0. The quantitative estimate of drug-likeness (QED) is 0.309. The smallest absolute Gasteiger partial charge is 0.244 e. The van der Waals surface area contributed by atoms with E-state index in [0.29, 0.717) is 24.3 Å². The van der Waals surface area contributed by atoms with Gasteiger partial charge in [0.25, 0.3) is 0 Å². The molecular formula is C30H36FN3O6S. The summed E-state index contributed by atoms with van der Waals surface area (Å²) in [6.07, 6.45) is 1.88. The van der Waals surface area contributed by atoms with Crippen LogP contribution in [0.25, 0.3) is 0 Å². The fourth-order valence-corrected chi connectivity index (χ4v) is 5.14. The Labute approximate surface area is 240 Å².